The van der Waals surface area contributed by atoms with E-state index in [1.54, 1.807) is 24.3 Å². The minimum atomic E-state index is -0.794. The highest BCUT2D eigenvalue weighted by atomic mass is 35.5. The molecule has 10 heteroatoms. The van der Waals surface area contributed by atoms with E-state index in [1.165, 1.54) is 12.1 Å². The summed E-state index contributed by atoms with van der Waals surface area (Å²) in [5, 5.41) is 4.26. The van der Waals surface area contributed by atoms with Gasteiger partial charge in [0.1, 0.15) is 0 Å². The molecule has 2 aromatic rings. The van der Waals surface area contributed by atoms with Gasteiger partial charge in [-0.3, -0.25) is 29.6 Å². The second-order valence-corrected chi connectivity index (χ2v) is 7.84. The maximum Gasteiger partial charge on any atom is 0.311 e. The van der Waals surface area contributed by atoms with Crippen LogP contribution in [0.3, 0.4) is 0 Å². The molecule has 0 unspecified atom stereocenters. The number of hydrogen-bond acceptors (Lipinski definition) is 5. The van der Waals surface area contributed by atoms with Crippen LogP contribution in [0.1, 0.15) is 22.3 Å². The number of hydrazine groups is 1. The summed E-state index contributed by atoms with van der Waals surface area (Å²) in [5.74, 6) is -2.97. The standard InChI is InChI=1S/C21H19Cl2N3O5/c1-12-3-2-4-13(7-12)20(29)25-26-10-14(8-19(26)28)21(30)31-11-18(27)24-17-6-5-15(22)9-16(17)23/h2-7,9,14H,8,10-11H2,1H3,(H,24,27)(H,25,29)/t14-/m1/s1. The van der Waals surface area contributed by atoms with Crippen LogP contribution in [0.15, 0.2) is 42.5 Å². The molecule has 1 aliphatic rings. The first-order valence-electron chi connectivity index (χ1n) is 9.32. The number of anilines is 1. The highest BCUT2D eigenvalue weighted by Gasteiger charge is 2.36. The van der Waals surface area contributed by atoms with Crippen LogP contribution in [0.4, 0.5) is 5.69 Å². The molecule has 0 aliphatic carbocycles. The van der Waals surface area contributed by atoms with Crippen molar-refractivity contribution in [3.8, 4) is 0 Å². The van der Waals surface area contributed by atoms with Crippen LogP contribution in [-0.4, -0.2) is 41.9 Å². The maximum atomic E-state index is 12.3. The first kappa shape index (κ1) is 22.6. The minimum Gasteiger partial charge on any atom is -0.455 e. The quantitative estimate of drug-likeness (QED) is 0.640. The number of aryl methyl sites for hydroxylation is 1. The van der Waals surface area contributed by atoms with Gasteiger partial charge < -0.3 is 10.1 Å². The Hall–Kier alpha value is -3.10. The van der Waals surface area contributed by atoms with Crippen LogP contribution in [0.25, 0.3) is 0 Å². The Kier molecular flexibility index (Phi) is 7.14. The zero-order chi connectivity index (χ0) is 22.5. The fraction of sp³-hybridized carbons (Fsp3) is 0.238. The molecule has 0 spiro atoms. The van der Waals surface area contributed by atoms with E-state index in [0.29, 0.717) is 16.3 Å². The number of benzene rings is 2. The molecule has 2 aromatic carbocycles. The molecule has 2 N–H and O–H groups in total. The Morgan fingerprint density at radius 3 is 2.65 bits per heavy atom. The zero-order valence-corrected chi connectivity index (χ0v) is 18.0. The number of amides is 3. The summed E-state index contributed by atoms with van der Waals surface area (Å²) in [6.07, 6.45) is -0.127. The van der Waals surface area contributed by atoms with Gasteiger partial charge in [-0.2, -0.15) is 0 Å². The van der Waals surface area contributed by atoms with E-state index in [0.717, 1.165) is 10.6 Å². The van der Waals surface area contributed by atoms with Gasteiger partial charge in [0.05, 0.1) is 23.2 Å². The second kappa shape index (κ2) is 9.80. The van der Waals surface area contributed by atoms with Crippen molar-refractivity contribution in [1.82, 2.24) is 10.4 Å². The van der Waals surface area contributed by atoms with Gasteiger partial charge in [-0.05, 0) is 37.3 Å². The highest BCUT2D eigenvalue weighted by Crippen LogP contribution is 2.25. The van der Waals surface area contributed by atoms with Crippen LogP contribution in [0.5, 0.6) is 0 Å². The maximum absolute atomic E-state index is 12.3. The Labute approximate surface area is 188 Å². The normalized spacial score (nSPS) is 15.5. The number of carbonyl (C=O) groups is 4. The third kappa shape index (κ3) is 5.96. The second-order valence-electron chi connectivity index (χ2n) is 7.00. The summed E-state index contributed by atoms with van der Waals surface area (Å²) in [6, 6.07) is 11.4. The molecule has 0 saturated carbocycles. The van der Waals surface area contributed by atoms with Crippen molar-refractivity contribution in [3.05, 3.63) is 63.6 Å². The lowest BCUT2D eigenvalue weighted by Crippen LogP contribution is -2.43. The molecule has 1 aliphatic heterocycles. The molecule has 1 saturated heterocycles. The van der Waals surface area contributed by atoms with Gasteiger partial charge >= 0.3 is 5.97 Å². The summed E-state index contributed by atoms with van der Waals surface area (Å²) in [5.41, 5.74) is 4.13. The van der Waals surface area contributed by atoms with E-state index in [4.69, 9.17) is 27.9 Å². The number of hydrogen-bond donors (Lipinski definition) is 2. The molecule has 3 rings (SSSR count). The minimum absolute atomic E-state index is 0.0418. The number of nitrogens with one attached hydrogen (secondary N) is 2. The molecule has 8 nitrogen and oxygen atoms in total. The van der Waals surface area contributed by atoms with Crippen LogP contribution in [-0.2, 0) is 19.1 Å². The smallest absolute Gasteiger partial charge is 0.311 e. The van der Waals surface area contributed by atoms with E-state index >= 15 is 0 Å². The van der Waals surface area contributed by atoms with E-state index in [9.17, 15) is 19.2 Å². The molecule has 0 bridgehead atoms. The fourth-order valence-corrected chi connectivity index (χ4v) is 3.43. The summed E-state index contributed by atoms with van der Waals surface area (Å²) >= 11 is 11.8. The number of ether oxygens (including phenoxy) is 1. The Bertz CT molecular complexity index is 1040. The van der Waals surface area contributed by atoms with Crippen molar-refractivity contribution in [2.24, 2.45) is 5.92 Å². The molecule has 1 fully saturated rings. The van der Waals surface area contributed by atoms with Gasteiger partial charge in [-0.25, -0.2) is 0 Å². The first-order valence-corrected chi connectivity index (χ1v) is 10.1. The van der Waals surface area contributed by atoms with Crippen LogP contribution in [0, 0.1) is 12.8 Å². The number of nitrogens with zero attached hydrogens (tertiary/aromatic N) is 1. The number of rotatable bonds is 6. The van der Waals surface area contributed by atoms with Gasteiger partial charge in [-0.1, -0.05) is 40.9 Å². The first-order chi connectivity index (χ1) is 14.7. The van der Waals surface area contributed by atoms with Gasteiger partial charge in [-0.15, -0.1) is 0 Å². The van der Waals surface area contributed by atoms with Gasteiger partial charge in [0.2, 0.25) is 5.91 Å². The van der Waals surface area contributed by atoms with Crippen molar-refractivity contribution >= 4 is 52.6 Å². The molecule has 162 valence electrons. The Morgan fingerprint density at radius 1 is 1.16 bits per heavy atom. The average Bonchev–Trinajstić information content (AvgIpc) is 3.08. The van der Waals surface area contributed by atoms with Crippen molar-refractivity contribution < 1.29 is 23.9 Å². The largest absolute Gasteiger partial charge is 0.455 e. The number of halogens is 2. The van der Waals surface area contributed by atoms with Crippen molar-refractivity contribution in [2.45, 2.75) is 13.3 Å². The predicted octanol–water partition coefficient (Wildman–Crippen LogP) is 2.98. The van der Waals surface area contributed by atoms with Crippen molar-refractivity contribution in [1.29, 1.82) is 0 Å². The topological polar surface area (TPSA) is 105 Å². The van der Waals surface area contributed by atoms with Crippen LogP contribution < -0.4 is 10.7 Å². The third-order valence-electron chi connectivity index (χ3n) is 4.53. The van der Waals surface area contributed by atoms with Gasteiger partial charge in [0, 0.05) is 17.0 Å². The lowest BCUT2D eigenvalue weighted by molar-refractivity contribution is -0.151. The van der Waals surface area contributed by atoms with E-state index in [1.807, 2.05) is 13.0 Å². The van der Waals surface area contributed by atoms with Crippen molar-refractivity contribution in [3.63, 3.8) is 0 Å². The molecule has 0 aromatic heterocycles. The Morgan fingerprint density at radius 2 is 1.94 bits per heavy atom. The number of carbonyl (C=O) groups excluding carboxylic acids is 4. The molecule has 0 radical (unpaired) electrons. The molecular weight excluding hydrogens is 445 g/mol. The lowest BCUT2D eigenvalue weighted by atomic mass is 10.1. The predicted molar refractivity (Wildman–Crippen MR) is 115 cm³/mol. The van der Waals surface area contributed by atoms with Crippen LogP contribution in [0.2, 0.25) is 10.0 Å². The van der Waals surface area contributed by atoms with Gasteiger partial charge in [0.25, 0.3) is 11.8 Å². The van der Waals surface area contributed by atoms with Gasteiger partial charge in [0.15, 0.2) is 6.61 Å². The third-order valence-corrected chi connectivity index (χ3v) is 5.07. The molecule has 31 heavy (non-hydrogen) atoms. The fourth-order valence-electron chi connectivity index (χ4n) is 2.98. The molecule has 1 heterocycles. The van der Waals surface area contributed by atoms with E-state index in [-0.39, 0.29) is 18.0 Å². The molecular formula is C21H19Cl2N3O5. The zero-order valence-electron chi connectivity index (χ0n) is 16.5. The SMILES string of the molecule is Cc1cccc(C(=O)NN2C[C@H](C(=O)OCC(=O)Nc3ccc(Cl)cc3Cl)CC2=O)c1. The van der Waals surface area contributed by atoms with E-state index in [2.05, 4.69) is 10.7 Å². The summed E-state index contributed by atoms with van der Waals surface area (Å²) in [7, 11) is 0. The number of esters is 1. The summed E-state index contributed by atoms with van der Waals surface area (Å²) in [6.45, 7) is 1.26. The monoisotopic (exact) mass is 463 g/mol. The average molecular weight is 464 g/mol. The molecule has 3 amide bonds. The summed E-state index contributed by atoms with van der Waals surface area (Å²) in [4.78, 5) is 48.8. The lowest BCUT2D eigenvalue weighted by Gasteiger charge is -2.17. The Balaban J connectivity index is 1.49. The molecule has 1 atom stereocenters. The summed E-state index contributed by atoms with van der Waals surface area (Å²) < 4.78 is 5.01. The highest BCUT2D eigenvalue weighted by molar-refractivity contribution is 6.36. The van der Waals surface area contributed by atoms with Crippen molar-refractivity contribution in [2.75, 3.05) is 18.5 Å². The van der Waals surface area contributed by atoms with Crippen LogP contribution >= 0.6 is 23.2 Å². The van der Waals surface area contributed by atoms with E-state index < -0.39 is 36.2 Å².